The smallest absolute Gasteiger partial charge is 0.0159 e. The van der Waals surface area contributed by atoms with Gasteiger partial charge in [-0.2, -0.15) is 0 Å². The summed E-state index contributed by atoms with van der Waals surface area (Å²) in [4.78, 5) is 0. The Morgan fingerprint density at radius 2 is 0.416 bits per heavy atom. The van der Waals surface area contributed by atoms with Gasteiger partial charge in [-0.05, 0) is 328 Å². The van der Waals surface area contributed by atoms with E-state index in [0.717, 1.165) is 0 Å². The maximum atomic E-state index is 2.48. The van der Waals surface area contributed by atoms with E-state index in [9.17, 15) is 0 Å². The van der Waals surface area contributed by atoms with Crippen molar-refractivity contribution in [2.75, 3.05) is 0 Å². The fourth-order valence-corrected chi connectivity index (χ4v) is 22.3. The van der Waals surface area contributed by atoms with Crippen molar-refractivity contribution in [3.63, 3.8) is 0 Å². The molecule has 0 saturated heterocycles. The van der Waals surface area contributed by atoms with Crippen LogP contribution in [0.3, 0.4) is 0 Å². The predicted molar refractivity (Wildman–Crippen MR) is 541 cm³/mol. The van der Waals surface area contributed by atoms with Crippen molar-refractivity contribution < 1.29 is 0 Å². The van der Waals surface area contributed by atoms with Gasteiger partial charge in [-0.15, -0.1) is 0 Å². The first-order chi connectivity index (χ1) is 60.1. The van der Waals surface area contributed by atoms with Crippen molar-refractivity contribution in [2.45, 2.75) is 136 Å². The van der Waals surface area contributed by atoms with E-state index < -0.39 is 0 Å². The van der Waals surface area contributed by atoms with Crippen LogP contribution in [-0.4, -0.2) is 0 Å². The molecule has 0 atom stereocenters. The highest BCUT2D eigenvalue weighted by Crippen LogP contribution is 2.57. The average molecular weight is 1600 g/mol. The average Bonchev–Trinajstić information content (AvgIpc) is 1.50. The van der Waals surface area contributed by atoms with Gasteiger partial charge in [0, 0.05) is 16.2 Å². The minimum atomic E-state index is -0.0966. The molecule has 0 N–H and O–H groups in total. The van der Waals surface area contributed by atoms with Crippen LogP contribution in [0.25, 0.3) is 208 Å². The second kappa shape index (κ2) is 27.2. The molecule has 3 aliphatic carbocycles. The highest BCUT2D eigenvalue weighted by atomic mass is 14.4. The third-order valence-corrected chi connectivity index (χ3v) is 29.4. The van der Waals surface area contributed by atoms with E-state index in [4.69, 9.17) is 0 Å². The van der Waals surface area contributed by atoms with Gasteiger partial charge in [-0.3, -0.25) is 0 Å². The first-order valence-corrected chi connectivity index (χ1v) is 45.1. The van der Waals surface area contributed by atoms with Gasteiger partial charge in [0.2, 0.25) is 0 Å². The van der Waals surface area contributed by atoms with Crippen LogP contribution in [0.2, 0.25) is 0 Å². The number of benzene rings is 22. The van der Waals surface area contributed by atoms with Crippen LogP contribution in [0.5, 0.6) is 0 Å². The van der Waals surface area contributed by atoms with Gasteiger partial charge in [0.1, 0.15) is 0 Å². The molecule has 0 heteroatoms. The molecule has 0 aromatic heterocycles. The Hall–Kier alpha value is -13.5. The molecule has 0 radical (unpaired) electrons. The van der Waals surface area contributed by atoms with Crippen molar-refractivity contribution in [3.05, 3.63) is 396 Å². The highest BCUT2D eigenvalue weighted by Gasteiger charge is 2.40. The highest BCUT2D eigenvalue weighted by molar-refractivity contribution is 6.29. The molecule has 0 amide bonds. The summed E-state index contributed by atoms with van der Waals surface area (Å²) >= 11 is 0. The van der Waals surface area contributed by atoms with Gasteiger partial charge in [0.15, 0.2) is 0 Å². The Labute approximate surface area is 734 Å². The molecule has 125 heavy (non-hydrogen) atoms. The van der Waals surface area contributed by atoms with Gasteiger partial charge < -0.3 is 0 Å². The molecule has 0 heterocycles. The Morgan fingerprint density at radius 3 is 0.864 bits per heavy atom. The topological polar surface area (TPSA) is 0 Å². The maximum absolute atomic E-state index is 2.48. The summed E-state index contributed by atoms with van der Waals surface area (Å²) in [6.45, 7) is 35.1. The largest absolute Gasteiger partial charge is 0.0619 e. The van der Waals surface area contributed by atoms with E-state index in [1.165, 1.54) is 258 Å². The second-order valence-corrected chi connectivity index (χ2v) is 41.2. The van der Waals surface area contributed by atoms with E-state index in [-0.39, 0.29) is 32.5 Å². The molecule has 25 rings (SSSR count). The Bertz CT molecular complexity index is 8250. The van der Waals surface area contributed by atoms with Crippen molar-refractivity contribution in [3.8, 4) is 89.0 Å². The summed E-state index contributed by atoms with van der Waals surface area (Å²) in [6, 6.07) is 131. The summed E-state index contributed by atoms with van der Waals surface area (Å²) in [5.74, 6) is 0. The van der Waals surface area contributed by atoms with Crippen LogP contribution in [0.15, 0.2) is 346 Å². The normalized spacial score (nSPS) is 14.2. The molecule has 0 saturated carbocycles. The maximum Gasteiger partial charge on any atom is 0.0159 e. The van der Waals surface area contributed by atoms with E-state index in [1.807, 2.05) is 0 Å². The number of hydrogen-bond acceptors (Lipinski definition) is 0. The quantitative estimate of drug-likeness (QED) is 0.151. The Morgan fingerprint density at radius 1 is 0.152 bits per heavy atom. The Kier molecular flexibility index (Phi) is 16.6. The molecule has 0 nitrogen and oxygen atoms in total. The van der Waals surface area contributed by atoms with E-state index >= 15 is 0 Å². The molecule has 0 fully saturated rings. The van der Waals surface area contributed by atoms with Crippen LogP contribution in [0.1, 0.15) is 154 Å². The predicted octanol–water partition coefficient (Wildman–Crippen LogP) is 35.2. The summed E-state index contributed by atoms with van der Waals surface area (Å²) in [5.41, 5.74) is 33.9. The first-order valence-electron chi connectivity index (χ1n) is 45.1. The lowest BCUT2D eigenvalue weighted by molar-refractivity contribution is 0.591. The monoisotopic (exact) mass is 1600 g/mol. The summed E-state index contributed by atoms with van der Waals surface area (Å²) in [6.07, 6.45) is 0. The van der Waals surface area contributed by atoms with Crippen molar-refractivity contribution in [2.24, 2.45) is 0 Å². The van der Waals surface area contributed by atoms with E-state index in [0.29, 0.717) is 0 Å². The minimum Gasteiger partial charge on any atom is -0.0619 e. The lowest BCUT2D eigenvalue weighted by Gasteiger charge is -2.25. The Balaban J connectivity index is 0.000000108. The minimum absolute atomic E-state index is 0.0168. The zero-order chi connectivity index (χ0) is 85.4. The van der Waals surface area contributed by atoms with Crippen molar-refractivity contribution >= 4 is 118 Å². The lowest BCUT2D eigenvalue weighted by Crippen LogP contribution is -2.15. The van der Waals surface area contributed by atoms with Gasteiger partial charge in [-0.1, -0.05) is 395 Å². The third kappa shape index (κ3) is 12.0. The molecule has 0 bridgehead atoms. The standard InChI is InChI=1S/C45H36.C41H28.C39H38/c1-44(2,3)35-23-33-13-11-28-14-18-36(39-21-17-34(24-35)42(33)43(28)39)32-16-20-38-37-19-15-31(25-40(37)45(4,5)41(38)26-32)30-12-10-27-8-6-7-9-29(27)22-30;1-41(2)37-23-31(30-13-10-25-6-3-4-7-29(25)22-30)16-19-34(37)35-20-17-32(24-38(35)41)33-18-14-28-12-11-26-8-5-9-27-15-21-36(33)40(28)39(26)27;1-37(2,3)27-17-24-13-14-25-18-28(38(4,5)6)22-32-31(20-26(19-27)35(24)36(25)32)23-15-16-30-29-11-9-10-12-33(29)39(7,8)34(30)21-23/h6-26H,1-5H3;3-24H,1-2H3;9-22H,1-8H3. The van der Waals surface area contributed by atoms with Gasteiger partial charge >= 0.3 is 0 Å². The zero-order valence-electron chi connectivity index (χ0n) is 74.4. The number of fused-ring (bicyclic) bond motifs is 11. The SMILES string of the molecule is CC(C)(C)c1cc2ccc3cc(C(C)(C)C)cc4c(-c5ccc6c(c5)C(C)(C)c5ccccc5-6)cc(c1)c2c34.CC(C)(C)c1cc2ccc3ccc(-c4ccc5c(c4)C(C)(C)c4cc(-c6ccc7ccccc7c6)ccc4-5)c4ccc(c1)c2c34.CC1(C)c2cc(-c3ccc4ccccc4c3)ccc2-c2ccc(-c3ccc4ccc5cccc6ccc3c4c56)cc21. The van der Waals surface area contributed by atoms with Gasteiger partial charge in [0.25, 0.3) is 0 Å². The molecular formula is C125H102. The zero-order valence-corrected chi connectivity index (χ0v) is 74.4. The van der Waals surface area contributed by atoms with Gasteiger partial charge in [0.05, 0.1) is 0 Å². The molecule has 22 aromatic carbocycles. The van der Waals surface area contributed by atoms with Crippen LogP contribution >= 0.6 is 0 Å². The number of hydrogen-bond donors (Lipinski definition) is 0. The molecule has 0 unspecified atom stereocenters. The third-order valence-electron chi connectivity index (χ3n) is 29.4. The van der Waals surface area contributed by atoms with Crippen molar-refractivity contribution in [1.29, 1.82) is 0 Å². The molecule has 0 aliphatic heterocycles. The molecular weight excluding hydrogens is 1500 g/mol. The van der Waals surface area contributed by atoms with Crippen LogP contribution in [-0.2, 0) is 32.5 Å². The fraction of sp³-hybridized carbons (Fsp3) is 0.168. The molecule has 602 valence electrons. The summed E-state index contributed by atoms with van der Waals surface area (Å²) in [7, 11) is 0. The van der Waals surface area contributed by atoms with Gasteiger partial charge in [-0.25, -0.2) is 0 Å². The summed E-state index contributed by atoms with van der Waals surface area (Å²) in [5, 5.41) is 29.4. The van der Waals surface area contributed by atoms with Crippen LogP contribution < -0.4 is 0 Å². The lowest BCUT2D eigenvalue weighted by atomic mass is 9.78. The van der Waals surface area contributed by atoms with Crippen LogP contribution in [0, 0.1) is 0 Å². The van der Waals surface area contributed by atoms with Crippen LogP contribution in [0.4, 0.5) is 0 Å². The second-order valence-electron chi connectivity index (χ2n) is 41.2. The van der Waals surface area contributed by atoms with E-state index in [2.05, 4.69) is 450 Å². The van der Waals surface area contributed by atoms with E-state index in [1.54, 1.807) is 0 Å². The van der Waals surface area contributed by atoms with Crippen molar-refractivity contribution in [1.82, 2.24) is 0 Å². The fourth-order valence-electron chi connectivity index (χ4n) is 22.3. The first kappa shape index (κ1) is 76.4. The molecule has 3 aliphatic rings. The molecule has 0 spiro atoms. The molecule has 22 aromatic rings. The number of rotatable bonds is 5. The summed E-state index contributed by atoms with van der Waals surface area (Å²) < 4.78 is 0.